The first-order valence-corrected chi connectivity index (χ1v) is 4.97. The Morgan fingerprint density at radius 2 is 2.12 bits per heavy atom. The normalized spacial score (nSPS) is 12.4. The van der Waals surface area contributed by atoms with Crippen LogP contribution in [0.4, 0.5) is 5.69 Å². The van der Waals surface area contributed by atoms with Gasteiger partial charge in [-0.15, -0.1) is 0 Å². The smallest absolute Gasteiger partial charge is 0.248 e. The highest BCUT2D eigenvalue weighted by Gasteiger charge is 2.02. The number of anilines is 1. The van der Waals surface area contributed by atoms with Crippen molar-refractivity contribution in [3.8, 4) is 0 Å². The molecule has 0 radical (unpaired) electrons. The Hall–Kier alpha value is -2.14. The summed E-state index contributed by atoms with van der Waals surface area (Å²) >= 11 is 0. The van der Waals surface area contributed by atoms with Crippen molar-refractivity contribution in [3.63, 3.8) is 0 Å². The minimum atomic E-state index is -1.43. The molecule has 0 aliphatic carbocycles. The monoisotopic (exact) mass is 234 g/mol. The molecule has 5 heteroatoms. The highest BCUT2D eigenvalue weighted by molar-refractivity contribution is 6.02. The molecule has 1 aromatic rings. The molecule has 0 unspecified atom stereocenters. The van der Waals surface area contributed by atoms with Gasteiger partial charge < -0.3 is 20.3 Å². The standard InChI is InChI=1S/C12H13NO4/c1-8(14)9-3-2-4-10(7-9)13-11(15)5-6-12(16)17/h2-8,14H,1H3,(H,13,15)(H,16,17)/p-1/b6-5+/t8-/m1/s1. The Bertz CT molecular complexity index is 452. The number of carboxylic acids is 1. The molecule has 1 rings (SSSR count). The van der Waals surface area contributed by atoms with E-state index >= 15 is 0 Å². The summed E-state index contributed by atoms with van der Waals surface area (Å²) in [6, 6.07) is 6.64. The van der Waals surface area contributed by atoms with Gasteiger partial charge in [-0.05, 0) is 30.7 Å². The molecule has 0 heterocycles. The highest BCUT2D eigenvalue weighted by Crippen LogP contribution is 2.16. The van der Waals surface area contributed by atoms with Gasteiger partial charge in [0, 0.05) is 11.8 Å². The summed E-state index contributed by atoms with van der Waals surface area (Å²) < 4.78 is 0. The van der Waals surface area contributed by atoms with Crippen LogP contribution in [-0.4, -0.2) is 17.0 Å². The van der Waals surface area contributed by atoms with Crippen molar-refractivity contribution in [1.82, 2.24) is 0 Å². The van der Waals surface area contributed by atoms with E-state index in [-0.39, 0.29) is 0 Å². The van der Waals surface area contributed by atoms with E-state index in [9.17, 15) is 19.8 Å². The Morgan fingerprint density at radius 1 is 1.41 bits per heavy atom. The molecule has 0 spiro atoms. The second kappa shape index (κ2) is 5.81. The van der Waals surface area contributed by atoms with Crippen LogP contribution in [-0.2, 0) is 9.59 Å². The van der Waals surface area contributed by atoms with E-state index in [1.54, 1.807) is 31.2 Å². The molecule has 5 nitrogen and oxygen atoms in total. The van der Waals surface area contributed by atoms with Crippen LogP contribution >= 0.6 is 0 Å². The Balaban J connectivity index is 2.72. The van der Waals surface area contributed by atoms with Crippen molar-refractivity contribution < 1.29 is 19.8 Å². The lowest BCUT2D eigenvalue weighted by Crippen LogP contribution is -2.20. The molecule has 1 aromatic carbocycles. The van der Waals surface area contributed by atoms with E-state index in [1.807, 2.05) is 0 Å². The van der Waals surface area contributed by atoms with Gasteiger partial charge in [-0.25, -0.2) is 0 Å². The molecule has 0 fully saturated rings. The number of aliphatic hydroxyl groups excluding tert-OH is 1. The van der Waals surface area contributed by atoms with Gasteiger partial charge in [-0.3, -0.25) is 4.79 Å². The molecule has 0 aliphatic heterocycles. The largest absolute Gasteiger partial charge is 0.545 e. The molecular formula is C12H12NO4-. The fourth-order valence-electron chi connectivity index (χ4n) is 1.20. The van der Waals surface area contributed by atoms with Gasteiger partial charge in [0.15, 0.2) is 0 Å². The number of amides is 1. The van der Waals surface area contributed by atoms with Gasteiger partial charge in [0.2, 0.25) is 5.91 Å². The molecule has 0 bridgehead atoms. The Kier molecular flexibility index (Phi) is 4.42. The molecule has 17 heavy (non-hydrogen) atoms. The topological polar surface area (TPSA) is 89.5 Å². The zero-order valence-corrected chi connectivity index (χ0v) is 9.21. The number of hydrogen-bond donors (Lipinski definition) is 2. The van der Waals surface area contributed by atoms with Crippen molar-refractivity contribution >= 4 is 17.6 Å². The molecule has 0 saturated heterocycles. The van der Waals surface area contributed by atoms with E-state index in [0.717, 1.165) is 6.08 Å². The van der Waals surface area contributed by atoms with Crippen molar-refractivity contribution in [2.75, 3.05) is 5.32 Å². The average Bonchev–Trinajstić information content (AvgIpc) is 2.26. The number of carbonyl (C=O) groups is 2. The molecule has 1 amide bonds. The van der Waals surface area contributed by atoms with Gasteiger partial charge in [-0.2, -0.15) is 0 Å². The summed E-state index contributed by atoms with van der Waals surface area (Å²) in [5.41, 5.74) is 1.14. The number of aliphatic hydroxyl groups is 1. The predicted molar refractivity (Wildman–Crippen MR) is 59.9 cm³/mol. The van der Waals surface area contributed by atoms with E-state index in [0.29, 0.717) is 17.3 Å². The van der Waals surface area contributed by atoms with E-state index in [4.69, 9.17) is 0 Å². The lowest BCUT2D eigenvalue weighted by Gasteiger charge is -2.07. The summed E-state index contributed by atoms with van der Waals surface area (Å²) in [6.07, 6.45) is 0.878. The lowest BCUT2D eigenvalue weighted by molar-refractivity contribution is -0.297. The molecule has 90 valence electrons. The van der Waals surface area contributed by atoms with E-state index < -0.39 is 18.0 Å². The van der Waals surface area contributed by atoms with Crippen LogP contribution < -0.4 is 10.4 Å². The third-order valence-corrected chi connectivity index (χ3v) is 2.01. The van der Waals surface area contributed by atoms with Crippen molar-refractivity contribution in [2.24, 2.45) is 0 Å². The van der Waals surface area contributed by atoms with E-state index in [2.05, 4.69) is 5.32 Å². The number of hydrogen-bond acceptors (Lipinski definition) is 4. The van der Waals surface area contributed by atoms with Crippen molar-refractivity contribution in [3.05, 3.63) is 42.0 Å². The van der Waals surface area contributed by atoms with Gasteiger partial charge in [0.25, 0.3) is 0 Å². The van der Waals surface area contributed by atoms with Gasteiger partial charge in [0.1, 0.15) is 0 Å². The molecule has 0 aliphatic rings. The first-order valence-electron chi connectivity index (χ1n) is 4.97. The van der Waals surface area contributed by atoms with Gasteiger partial charge in [0.05, 0.1) is 12.1 Å². The Labute approximate surface area is 98.4 Å². The molecular weight excluding hydrogens is 222 g/mol. The number of rotatable bonds is 4. The first-order chi connectivity index (χ1) is 7.99. The zero-order chi connectivity index (χ0) is 12.8. The summed E-state index contributed by atoms with van der Waals surface area (Å²) in [6.45, 7) is 1.61. The summed E-state index contributed by atoms with van der Waals surface area (Å²) in [7, 11) is 0. The quantitative estimate of drug-likeness (QED) is 0.717. The minimum Gasteiger partial charge on any atom is -0.545 e. The third-order valence-electron chi connectivity index (χ3n) is 2.01. The third kappa shape index (κ3) is 4.48. The Morgan fingerprint density at radius 3 is 2.71 bits per heavy atom. The molecule has 1 atom stereocenters. The van der Waals surface area contributed by atoms with Gasteiger partial charge >= 0.3 is 0 Å². The number of aliphatic carboxylic acids is 1. The average molecular weight is 234 g/mol. The fraction of sp³-hybridized carbons (Fsp3) is 0.167. The maximum absolute atomic E-state index is 11.2. The molecule has 2 N–H and O–H groups in total. The molecule has 0 saturated carbocycles. The molecule has 0 aromatic heterocycles. The van der Waals surface area contributed by atoms with Crippen LogP contribution in [0.5, 0.6) is 0 Å². The summed E-state index contributed by atoms with van der Waals surface area (Å²) in [5.74, 6) is -2.00. The van der Waals surface area contributed by atoms with Crippen molar-refractivity contribution in [1.29, 1.82) is 0 Å². The second-order valence-corrected chi connectivity index (χ2v) is 3.44. The summed E-state index contributed by atoms with van der Waals surface area (Å²) in [4.78, 5) is 21.3. The van der Waals surface area contributed by atoms with E-state index in [1.165, 1.54) is 0 Å². The number of carboxylic acid groups (broad SMARTS) is 1. The maximum Gasteiger partial charge on any atom is 0.248 e. The second-order valence-electron chi connectivity index (χ2n) is 3.44. The number of carbonyl (C=O) groups excluding carboxylic acids is 2. The summed E-state index contributed by atoms with van der Waals surface area (Å²) in [5, 5.41) is 21.9. The van der Waals surface area contributed by atoms with Crippen LogP contribution in [0, 0.1) is 0 Å². The van der Waals surface area contributed by atoms with Crippen LogP contribution in [0.3, 0.4) is 0 Å². The predicted octanol–water partition coefficient (Wildman–Crippen LogP) is -0.0155. The minimum absolute atomic E-state index is 0.483. The number of nitrogens with one attached hydrogen (secondary N) is 1. The van der Waals surface area contributed by atoms with Crippen molar-refractivity contribution in [2.45, 2.75) is 13.0 Å². The first kappa shape index (κ1) is 12.9. The van der Waals surface area contributed by atoms with Crippen LogP contribution in [0.25, 0.3) is 0 Å². The SMILES string of the molecule is C[C@@H](O)c1cccc(NC(=O)/C=C/C(=O)[O-])c1. The maximum atomic E-state index is 11.2. The number of benzene rings is 1. The van der Waals surface area contributed by atoms with Crippen LogP contribution in [0.2, 0.25) is 0 Å². The zero-order valence-electron chi connectivity index (χ0n) is 9.21. The van der Waals surface area contributed by atoms with Gasteiger partial charge in [-0.1, -0.05) is 12.1 Å². The highest BCUT2D eigenvalue weighted by atomic mass is 16.4. The fourth-order valence-corrected chi connectivity index (χ4v) is 1.20. The lowest BCUT2D eigenvalue weighted by atomic mass is 10.1. The van der Waals surface area contributed by atoms with Crippen LogP contribution in [0.15, 0.2) is 36.4 Å². The van der Waals surface area contributed by atoms with Crippen LogP contribution in [0.1, 0.15) is 18.6 Å².